The second-order valence-electron chi connectivity index (χ2n) is 4.39. The second kappa shape index (κ2) is 5.95. The van der Waals surface area contributed by atoms with Gasteiger partial charge in [-0.2, -0.15) is 0 Å². The molecule has 4 heteroatoms. The molecule has 2 rings (SSSR count). The maximum Gasteiger partial charge on any atom is 0.124 e. The van der Waals surface area contributed by atoms with Crippen molar-refractivity contribution < 1.29 is 4.74 Å². The lowest BCUT2D eigenvalue weighted by Crippen LogP contribution is -2.13. The zero-order valence-electron chi connectivity index (χ0n) is 10.8. The first-order valence-electron chi connectivity index (χ1n) is 5.88. The van der Waals surface area contributed by atoms with Crippen LogP contribution in [0.25, 0.3) is 0 Å². The van der Waals surface area contributed by atoms with Crippen molar-refractivity contribution in [2.75, 3.05) is 7.11 Å². The van der Waals surface area contributed by atoms with Gasteiger partial charge in [-0.25, -0.2) is 0 Å². The second-order valence-corrected chi connectivity index (χ2v) is 5.71. The minimum absolute atomic E-state index is 0.319. The van der Waals surface area contributed by atoms with E-state index in [0.717, 1.165) is 26.9 Å². The lowest BCUT2D eigenvalue weighted by Gasteiger charge is -2.18. The van der Waals surface area contributed by atoms with Crippen molar-refractivity contribution in [2.24, 2.45) is 5.73 Å². The normalized spacial score (nSPS) is 12.3. The van der Waals surface area contributed by atoms with Gasteiger partial charge in [-0.15, -0.1) is 0 Å². The highest BCUT2D eigenvalue weighted by Gasteiger charge is 2.17. The molecule has 0 radical (unpaired) electrons. The van der Waals surface area contributed by atoms with E-state index in [-0.39, 0.29) is 6.04 Å². The van der Waals surface area contributed by atoms with Crippen LogP contribution in [0.3, 0.4) is 0 Å². The summed E-state index contributed by atoms with van der Waals surface area (Å²) in [7, 11) is 1.64. The Hall–Kier alpha value is -1.03. The van der Waals surface area contributed by atoms with Gasteiger partial charge in [0.15, 0.2) is 0 Å². The van der Waals surface area contributed by atoms with Crippen molar-refractivity contribution in [1.82, 2.24) is 0 Å². The first-order chi connectivity index (χ1) is 9.02. The first kappa shape index (κ1) is 14.4. The Bertz CT molecular complexity index is 601. The zero-order chi connectivity index (χ0) is 14.0. The highest BCUT2D eigenvalue weighted by molar-refractivity contribution is 9.10. The number of ether oxygens (including phenoxy) is 1. The van der Waals surface area contributed by atoms with Crippen LogP contribution in [0.4, 0.5) is 0 Å². The summed E-state index contributed by atoms with van der Waals surface area (Å²) in [4.78, 5) is 0. The Kier molecular flexibility index (Phi) is 4.50. The highest BCUT2D eigenvalue weighted by Crippen LogP contribution is 2.34. The molecule has 0 bridgehead atoms. The third-order valence-corrected chi connectivity index (χ3v) is 3.84. The van der Waals surface area contributed by atoms with E-state index in [2.05, 4.69) is 15.9 Å². The Morgan fingerprint density at radius 3 is 2.53 bits per heavy atom. The maximum absolute atomic E-state index is 6.33. The number of hydrogen-bond acceptors (Lipinski definition) is 2. The smallest absolute Gasteiger partial charge is 0.124 e. The number of aryl methyl sites for hydroxylation is 1. The van der Waals surface area contributed by atoms with Gasteiger partial charge in [0.1, 0.15) is 5.75 Å². The van der Waals surface area contributed by atoms with E-state index in [1.54, 1.807) is 7.11 Å². The predicted octanol–water partition coefficient (Wildman–Crippen LogP) is 4.47. The molecule has 2 nitrogen and oxygen atoms in total. The fraction of sp³-hybridized carbons (Fsp3) is 0.200. The van der Waals surface area contributed by atoms with Crippen LogP contribution in [0, 0.1) is 6.92 Å². The van der Waals surface area contributed by atoms with E-state index >= 15 is 0 Å². The third kappa shape index (κ3) is 3.11. The van der Waals surface area contributed by atoms with Gasteiger partial charge in [0.05, 0.1) is 13.2 Å². The number of hydrogen-bond donors (Lipinski definition) is 1. The van der Waals surface area contributed by atoms with Gasteiger partial charge < -0.3 is 10.5 Å². The van der Waals surface area contributed by atoms with Gasteiger partial charge in [-0.3, -0.25) is 0 Å². The predicted molar refractivity (Wildman–Crippen MR) is 82.9 cm³/mol. The molecular weight excluding hydrogens is 326 g/mol. The van der Waals surface area contributed by atoms with Crippen LogP contribution in [-0.4, -0.2) is 7.11 Å². The molecule has 0 aliphatic rings. The molecule has 19 heavy (non-hydrogen) atoms. The Morgan fingerprint density at radius 1 is 1.16 bits per heavy atom. The van der Waals surface area contributed by atoms with E-state index < -0.39 is 0 Å². The lowest BCUT2D eigenvalue weighted by molar-refractivity contribution is 0.408. The molecule has 0 fully saturated rings. The fourth-order valence-corrected chi connectivity index (χ4v) is 2.73. The maximum atomic E-state index is 6.33. The number of benzene rings is 2. The van der Waals surface area contributed by atoms with Gasteiger partial charge >= 0.3 is 0 Å². The summed E-state index contributed by atoms with van der Waals surface area (Å²) in [6.45, 7) is 2.00. The number of nitrogens with two attached hydrogens (primary N) is 1. The molecule has 0 amide bonds. The quantitative estimate of drug-likeness (QED) is 0.895. The van der Waals surface area contributed by atoms with Crippen molar-refractivity contribution in [1.29, 1.82) is 0 Å². The zero-order valence-corrected chi connectivity index (χ0v) is 13.1. The van der Waals surface area contributed by atoms with Crippen LogP contribution < -0.4 is 10.5 Å². The molecule has 2 N–H and O–H groups in total. The monoisotopic (exact) mass is 339 g/mol. The molecular formula is C15H15BrClNO. The molecule has 1 atom stereocenters. The van der Waals surface area contributed by atoms with Crippen molar-refractivity contribution >= 4 is 27.5 Å². The van der Waals surface area contributed by atoms with E-state index in [1.807, 2.05) is 43.3 Å². The molecule has 0 saturated carbocycles. The summed E-state index contributed by atoms with van der Waals surface area (Å²) >= 11 is 9.73. The summed E-state index contributed by atoms with van der Waals surface area (Å²) in [6, 6.07) is 11.3. The number of methoxy groups -OCH3 is 1. The van der Waals surface area contributed by atoms with E-state index in [9.17, 15) is 0 Å². The van der Waals surface area contributed by atoms with Gasteiger partial charge in [0.2, 0.25) is 0 Å². The van der Waals surface area contributed by atoms with Crippen LogP contribution in [0.15, 0.2) is 40.9 Å². The SMILES string of the molecule is COc1ccc(Br)cc1C(N)c1ccc(C)cc1Cl. The average molecular weight is 341 g/mol. The topological polar surface area (TPSA) is 35.2 Å². The summed E-state index contributed by atoms with van der Waals surface area (Å²) < 4.78 is 6.32. The van der Waals surface area contributed by atoms with Crippen molar-refractivity contribution in [3.05, 3.63) is 62.6 Å². The molecule has 100 valence electrons. The van der Waals surface area contributed by atoms with Crippen LogP contribution in [-0.2, 0) is 0 Å². The largest absolute Gasteiger partial charge is 0.496 e. The molecule has 0 saturated heterocycles. The van der Waals surface area contributed by atoms with Crippen molar-refractivity contribution in [3.8, 4) is 5.75 Å². The molecule has 0 heterocycles. The number of halogens is 2. The first-order valence-corrected chi connectivity index (χ1v) is 7.05. The standard InChI is InChI=1S/C15H15BrClNO/c1-9-3-5-11(13(17)7-9)15(18)12-8-10(16)4-6-14(12)19-2/h3-8,15H,18H2,1-2H3. The van der Waals surface area contributed by atoms with Crippen LogP contribution in [0.1, 0.15) is 22.7 Å². The van der Waals surface area contributed by atoms with Crippen molar-refractivity contribution in [3.63, 3.8) is 0 Å². The Morgan fingerprint density at radius 2 is 1.89 bits per heavy atom. The lowest BCUT2D eigenvalue weighted by atomic mass is 9.98. The summed E-state index contributed by atoms with van der Waals surface area (Å²) in [5.41, 5.74) is 9.24. The number of rotatable bonds is 3. The molecule has 1 unspecified atom stereocenters. The van der Waals surface area contributed by atoms with E-state index in [1.165, 1.54) is 0 Å². The molecule has 2 aromatic carbocycles. The third-order valence-electron chi connectivity index (χ3n) is 3.02. The van der Waals surface area contributed by atoms with Gasteiger partial charge in [0.25, 0.3) is 0 Å². The Balaban J connectivity index is 2.49. The fourth-order valence-electron chi connectivity index (χ4n) is 2.00. The average Bonchev–Trinajstić information content (AvgIpc) is 2.38. The van der Waals surface area contributed by atoms with E-state index in [4.69, 9.17) is 22.1 Å². The summed E-state index contributed by atoms with van der Waals surface area (Å²) in [5.74, 6) is 0.757. The summed E-state index contributed by atoms with van der Waals surface area (Å²) in [5, 5.41) is 0.675. The minimum Gasteiger partial charge on any atom is -0.496 e. The highest BCUT2D eigenvalue weighted by atomic mass is 79.9. The van der Waals surface area contributed by atoms with Crippen LogP contribution in [0.5, 0.6) is 5.75 Å². The molecule has 0 aromatic heterocycles. The molecule has 0 spiro atoms. The summed E-state index contributed by atoms with van der Waals surface area (Å²) in [6.07, 6.45) is 0. The minimum atomic E-state index is -0.319. The Labute approximate surface area is 126 Å². The molecule has 2 aromatic rings. The van der Waals surface area contributed by atoms with Crippen LogP contribution >= 0.6 is 27.5 Å². The van der Waals surface area contributed by atoms with Crippen molar-refractivity contribution in [2.45, 2.75) is 13.0 Å². The van der Waals surface area contributed by atoms with Gasteiger partial charge in [-0.05, 0) is 42.3 Å². The molecule has 0 aliphatic carbocycles. The van der Waals surface area contributed by atoms with Gasteiger partial charge in [-0.1, -0.05) is 39.7 Å². The van der Waals surface area contributed by atoms with E-state index in [0.29, 0.717) is 5.02 Å². The van der Waals surface area contributed by atoms with Gasteiger partial charge in [0, 0.05) is 15.1 Å². The van der Waals surface area contributed by atoms with Crippen LogP contribution in [0.2, 0.25) is 5.02 Å². The molecule has 0 aliphatic heterocycles.